The van der Waals surface area contributed by atoms with Crippen LogP contribution < -0.4 is 5.56 Å². The van der Waals surface area contributed by atoms with Gasteiger partial charge in [0.05, 0.1) is 4.90 Å². The molecular formula is C22H14N2O2S. The number of H-pyrrole nitrogens is 1. The molecule has 0 amide bonds. The van der Waals surface area contributed by atoms with Crippen molar-refractivity contribution in [2.45, 2.75) is 10.1 Å². The van der Waals surface area contributed by atoms with Gasteiger partial charge in [0.1, 0.15) is 5.52 Å². The predicted octanol–water partition coefficient (Wildman–Crippen LogP) is 5.49. The average molecular weight is 370 g/mol. The summed E-state index contributed by atoms with van der Waals surface area (Å²) in [6.45, 7) is 0. The molecule has 1 N–H and O–H groups in total. The van der Waals surface area contributed by atoms with E-state index in [1.54, 1.807) is 0 Å². The Labute approximate surface area is 158 Å². The highest BCUT2D eigenvalue weighted by molar-refractivity contribution is 7.99. The van der Waals surface area contributed by atoms with Crippen molar-refractivity contribution in [1.29, 1.82) is 0 Å². The summed E-state index contributed by atoms with van der Waals surface area (Å²) in [5.74, 6) is 0. The zero-order valence-corrected chi connectivity index (χ0v) is 15.0. The van der Waals surface area contributed by atoms with Gasteiger partial charge in [-0.2, -0.15) is 0 Å². The molecule has 5 heteroatoms. The molecule has 0 aliphatic heterocycles. The summed E-state index contributed by atoms with van der Waals surface area (Å²) < 4.78 is 5.83. The minimum absolute atomic E-state index is 0.153. The van der Waals surface area contributed by atoms with E-state index in [0.29, 0.717) is 15.7 Å². The topological polar surface area (TPSA) is 58.9 Å². The first kappa shape index (κ1) is 15.9. The fourth-order valence-electron chi connectivity index (χ4n) is 3.20. The Morgan fingerprint density at radius 2 is 1.59 bits per heavy atom. The molecule has 0 bridgehead atoms. The second-order valence-corrected chi connectivity index (χ2v) is 7.08. The lowest BCUT2D eigenvalue weighted by Gasteiger charge is -2.11. The van der Waals surface area contributed by atoms with Crippen LogP contribution in [0.4, 0.5) is 0 Å². The van der Waals surface area contributed by atoms with Crippen LogP contribution in [0.25, 0.3) is 33.1 Å². The molecule has 4 nitrogen and oxygen atoms in total. The number of pyridine rings is 1. The zero-order chi connectivity index (χ0) is 18.2. The molecule has 3 aromatic carbocycles. The maximum atomic E-state index is 12.9. The van der Waals surface area contributed by atoms with Gasteiger partial charge in [0, 0.05) is 16.5 Å². The Hall–Kier alpha value is -3.31. The van der Waals surface area contributed by atoms with Crippen LogP contribution in [-0.4, -0.2) is 9.97 Å². The predicted molar refractivity (Wildman–Crippen MR) is 108 cm³/mol. The van der Waals surface area contributed by atoms with Crippen molar-refractivity contribution in [3.63, 3.8) is 0 Å². The van der Waals surface area contributed by atoms with Crippen LogP contribution in [0.3, 0.4) is 0 Å². The van der Waals surface area contributed by atoms with Crippen molar-refractivity contribution in [2.24, 2.45) is 0 Å². The molecule has 2 aromatic heterocycles. The molecule has 5 rings (SSSR count). The summed E-state index contributed by atoms with van der Waals surface area (Å²) in [5.41, 5.74) is 4.01. The summed E-state index contributed by atoms with van der Waals surface area (Å²) in [6.07, 6.45) is 0. The fraction of sp³-hybridized carbons (Fsp3) is 0. The number of oxazole rings is 1. The molecule has 0 saturated heterocycles. The van der Waals surface area contributed by atoms with E-state index in [1.165, 1.54) is 11.8 Å². The molecule has 130 valence electrons. The van der Waals surface area contributed by atoms with Gasteiger partial charge in [-0.25, -0.2) is 4.98 Å². The molecule has 0 aliphatic carbocycles. The van der Waals surface area contributed by atoms with Crippen LogP contribution in [-0.2, 0) is 0 Å². The monoisotopic (exact) mass is 370 g/mol. The number of fused-ring (bicyclic) bond motifs is 2. The number of aromatic nitrogens is 2. The third-order valence-corrected chi connectivity index (χ3v) is 5.35. The highest BCUT2D eigenvalue weighted by Crippen LogP contribution is 2.38. The highest BCUT2D eigenvalue weighted by Gasteiger charge is 2.18. The minimum atomic E-state index is -0.153. The lowest BCUT2D eigenvalue weighted by Crippen LogP contribution is -2.10. The van der Waals surface area contributed by atoms with Crippen molar-refractivity contribution < 1.29 is 4.42 Å². The SMILES string of the molecule is O=c1[nH]c2ccccc2c(-c2ccccc2)c1Sc1nc2ccccc2o1. The number of nitrogens with zero attached hydrogens (tertiary/aromatic N) is 1. The van der Waals surface area contributed by atoms with Gasteiger partial charge in [-0.15, -0.1) is 0 Å². The number of para-hydroxylation sites is 3. The van der Waals surface area contributed by atoms with Gasteiger partial charge in [0.15, 0.2) is 5.58 Å². The Bertz CT molecular complexity index is 1290. The Morgan fingerprint density at radius 1 is 0.852 bits per heavy atom. The van der Waals surface area contributed by atoms with Crippen LogP contribution in [0.5, 0.6) is 0 Å². The van der Waals surface area contributed by atoms with E-state index in [2.05, 4.69) is 9.97 Å². The summed E-state index contributed by atoms with van der Waals surface area (Å²) in [6, 6.07) is 25.3. The van der Waals surface area contributed by atoms with E-state index in [0.717, 1.165) is 27.5 Å². The lowest BCUT2D eigenvalue weighted by molar-refractivity contribution is 0.489. The second-order valence-electron chi connectivity index (χ2n) is 6.12. The average Bonchev–Trinajstić information content (AvgIpc) is 3.12. The van der Waals surface area contributed by atoms with E-state index in [9.17, 15) is 4.79 Å². The minimum Gasteiger partial charge on any atom is -0.431 e. The summed E-state index contributed by atoms with van der Waals surface area (Å²) in [5, 5.41) is 1.44. The molecule has 0 radical (unpaired) electrons. The van der Waals surface area contributed by atoms with Crippen molar-refractivity contribution in [3.05, 3.63) is 89.2 Å². The molecule has 2 heterocycles. The van der Waals surface area contributed by atoms with E-state index in [1.807, 2.05) is 78.9 Å². The van der Waals surface area contributed by atoms with Crippen LogP contribution in [0.1, 0.15) is 0 Å². The van der Waals surface area contributed by atoms with Gasteiger partial charge >= 0.3 is 0 Å². The number of aromatic amines is 1. The Morgan fingerprint density at radius 3 is 2.44 bits per heavy atom. The molecule has 27 heavy (non-hydrogen) atoms. The van der Waals surface area contributed by atoms with Crippen molar-refractivity contribution in [1.82, 2.24) is 9.97 Å². The van der Waals surface area contributed by atoms with Crippen LogP contribution in [0.15, 0.2) is 98.2 Å². The largest absolute Gasteiger partial charge is 0.431 e. The maximum absolute atomic E-state index is 12.9. The standard InChI is InChI=1S/C22H14N2O2S/c25-21-20(27-22-24-17-12-6-7-13-18(17)26-22)19(14-8-2-1-3-9-14)15-10-4-5-11-16(15)23-21/h1-13H,(H,23,25). The first-order valence-corrected chi connectivity index (χ1v) is 9.35. The van der Waals surface area contributed by atoms with Crippen LogP contribution in [0.2, 0.25) is 0 Å². The Balaban J connectivity index is 1.75. The van der Waals surface area contributed by atoms with Gasteiger partial charge < -0.3 is 9.40 Å². The third-order valence-electron chi connectivity index (χ3n) is 4.40. The van der Waals surface area contributed by atoms with Crippen LogP contribution in [0, 0.1) is 0 Å². The van der Waals surface area contributed by atoms with Crippen LogP contribution >= 0.6 is 11.8 Å². The normalized spacial score (nSPS) is 11.3. The number of benzene rings is 3. The molecule has 0 spiro atoms. The van der Waals surface area contributed by atoms with Gasteiger partial charge in [0.25, 0.3) is 10.8 Å². The zero-order valence-electron chi connectivity index (χ0n) is 14.2. The second kappa shape index (κ2) is 6.45. The smallest absolute Gasteiger partial charge is 0.263 e. The van der Waals surface area contributed by atoms with E-state index >= 15 is 0 Å². The molecule has 0 saturated carbocycles. The quantitative estimate of drug-likeness (QED) is 0.456. The fourth-order valence-corrected chi connectivity index (χ4v) is 4.12. The van der Waals surface area contributed by atoms with E-state index in [-0.39, 0.29) is 5.56 Å². The first-order chi connectivity index (χ1) is 13.3. The van der Waals surface area contributed by atoms with Crippen molar-refractivity contribution in [2.75, 3.05) is 0 Å². The van der Waals surface area contributed by atoms with Gasteiger partial charge in [0.2, 0.25) is 0 Å². The molecule has 0 aliphatic rings. The van der Waals surface area contributed by atoms with Gasteiger partial charge in [-0.3, -0.25) is 4.79 Å². The van der Waals surface area contributed by atoms with E-state index < -0.39 is 0 Å². The third kappa shape index (κ3) is 2.82. The molecule has 5 aromatic rings. The summed E-state index contributed by atoms with van der Waals surface area (Å²) in [4.78, 5) is 21.0. The number of rotatable bonds is 3. The summed E-state index contributed by atoms with van der Waals surface area (Å²) in [7, 11) is 0. The summed E-state index contributed by atoms with van der Waals surface area (Å²) >= 11 is 1.25. The Kier molecular flexibility index (Phi) is 3.80. The lowest BCUT2D eigenvalue weighted by atomic mass is 10.0. The number of hydrogen-bond acceptors (Lipinski definition) is 4. The molecule has 0 unspecified atom stereocenters. The number of nitrogens with one attached hydrogen (secondary N) is 1. The molecular weight excluding hydrogens is 356 g/mol. The molecule has 0 atom stereocenters. The van der Waals surface area contributed by atoms with Crippen molar-refractivity contribution >= 4 is 33.8 Å². The van der Waals surface area contributed by atoms with Gasteiger partial charge in [-0.1, -0.05) is 60.7 Å². The maximum Gasteiger partial charge on any atom is 0.263 e. The number of hydrogen-bond donors (Lipinski definition) is 1. The molecule has 0 fully saturated rings. The highest BCUT2D eigenvalue weighted by atomic mass is 32.2. The van der Waals surface area contributed by atoms with E-state index in [4.69, 9.17) is 4.42 Å². The first-order valence-electron chi connectivity index (χ1n) is 8.53. The van der Waals surface area contributed by atoms with Crippen molar-refractivity contribution in [3.8, 4) is 11.1 Å². The van der Waals surface area contributed by atoms with Gasteiger partial charge in [-0.05, 0) is 35.5 Å².